The van der Waals surface area contributed by atoms with Crippen LogP contribution in [0, 0.1) is 28.7 Å². The number of pyridine rings is 2. The molecule has 18 nitrogen and oxygen atoms in total. The number of aromatic nitrogens is 2. The molecule has 7 atom stereocenters. The number of ether oxygens (including phenoxy) is 4. The van der Waals surface area contributed by atoms with E-state index in [9.17, 15) is 56.5 Å². The third kappa shape index (κ3) is 7.11. The maximum atomic E-state index is 13.8. The Balaban J connectivity index is 0.000000153. The Bertz CT molecular complexity index is 2840. The normalized spacial score (nSPS) is 26.6. The summed E-state index contributed by atoms with van der Waals surface area (Å²) in [5.74, 6) is -7.69. The highest BCUT2D eigenvalue weighted by Gasteiger charge is 2.71. The second kappa shape index (κ2) is 15.8. The minimum atomic E-state index is -1.02. The molecule has 5 fully saturated rings. The lowest BCUT2D eigenvalue weighted by molar-refractivity contribution is -0.206. The molecule has 65 heavy (non-hydrogen) atoms. The van der Waals surface area contributed by atoms with Gasteiger partial charge in [0.05, 0.1) is 57.8 Å². The van der Waals surface area contributed by atoms with Crippen molar-refractivity contribution in [2.45, 2.75) is 75.8 Å². The Morgan fingerprint density at radius 1 is 0.708 bits per heavy atom. The monoisotopic (exact) mass is 906 g/mol. The Morgan fingerprint density at radius 2 is 1.25 bits per heavy atom. The van der Waals surface area contributed by atoms with E-state index >= 15 is 0 Å². The summed E-state index contributed by atoms with van der Waals surface area (Å²) >= 11 is 0. The summed E-state index contributed by atoms with van der Waals surface area (Å²) in [5.41, 5.74) is -3.42. The fourth-order valence-corrected chi connectivity index (χ4v) is 9.65. The van der Waals surface area contributed by atoms with Gasteiger partial charge in [0.2, 0.25) is 10.9 Å². The molecule has 4 N–H and O–H groups in total. The molecule has 11 rings (SSSR count). The van der Waals surface area contributed by atoms with E-state index in [0.717, 1.165) is 18.6 Å². The van der Waals surface area contributed by atoms with Crippen molar-refractivity contribution in [1.82, 2.24) is 29.6 Å². The number of amides is 4. The van der Waals surface area contributed by atoms with E-state index in [1.165, 1.54) is 38.6 Å². The molecule has 4 aromatic rings. The summed E-state index contributed by atoms with van der Waals surface area (Å²) in [4.78, 5) is 80.0. The van der Waals surface area contributed by atoms with E-state index in [2.05, 4.69) is 10.6 Å². The van der Waals surface area contributed by atoms with Gasteiger partial charge in [-0.15, -0.1) is 0 Å². The van der Waals surface area contributed by atoms with Gasteiger partial charge < -0.3 is 58.7 Å². The third-order valence-corrected chi connectivity index (χ3v) is 13.0. The average molecular weight is 907 g/mol. The number of nitrogens with one attached hydrogen (secondary N) is 2. The Kier molecular flexibility index (Phi) is 10.3. The molecule has 340 valence electrons. The largest absolute Gasteiger partial charge is 0.503 e. The van der Waals surface area contributed by atoms with Crippen LogP contribution in [-0.2, 0) is 45.1 Å². The fraction of sp³-hybridized carbons (Fsp3) is 0.395. The van der Waals surface area contributed by atoms with Gasteiger partial charge in [-0.1, -0.05) is 12.1 Å². The molecular formula is C43H38F4N6O12. The van der Waals surface area contributed by atoms with Gasteiger partial charge in [-0.3, -0.25) is 28.8 Å². The maximum absolute atomic E-state index is 13.8. The Hall–Kier alpha value is -6.62. The number of aromatic hydroxyl groups is 2. The van der Waals surface area contributed by atoms with Crippen LogP contribution in [0.4, 0.5) is 17.6 Å². The van der Waals surface area contributed by atoms with Crippen molar-refractivity contribution in [3.63, 3.8) is 0 Å². The number of fused-ring (bicyclic) bond motifs is 8. The van der Waals surface area contributed by atoms with Gasteiger partial charge in [0.25, 0.3) is 23.6 Å². The standard InChI is InChI=1S/C22H19F2N3O6.C21H19F2N3O6/c23-11-2-1-10(13(24)3-11)5-25-20(30)12-6-26-7-16-27(21(31)17(26)19(29)18(12)28)14-4-22(14)9-32-8-15(22)33-16;22-11-2-1-10(15(23)3-11)5-24-20(29)14-6-25-7-16-26(12-4-13(32-16)9-31-8-12)21(30)17(25)19(28)18(14)27/h1-3,6,14-16,29H,4-5,7-9H2,(H,25,30);1-3,6,12-13,16,28H,4-5,7-9H2,(H,24,29)/t14-,15-,16-,22?;12-,13+,16-/m10/s1. The third-order valence-electron chi connectivity index (χ3n) is 13.0. The van der Waals surface area contributed by atoms with Gasteiger partial charge in [0, 0.05) is 60.2 Å². The number of hydrogen-bond acceptors (Lipinski definition) is 12. The van der Waals surface area contributed by atoms with E-state index in [4.69, 9.17) is 18.9 Å². The van der Waals surface area contributed by atoms with Crippen LogP contribution in [0.25, 0.3) is 0 Å². The van der Waals surface area contributed by atoms with Crippen molar-refractivity contribution in [3.05, 3.63) is 126 Å². The van der Waals surface area contributed by atoms with Crippen LogP contribution in [0.5, 0.6) is 11.5 Å². The lowest BCUT2D eigenvalue weighted by Gasteiger charge is -2.49. The van der Waals surface area contributed by atoms with Gasteiger partial charge in [-0.05, 0) is 25.0 Å². The maximum Gasteiger partial charge on any atom is 0.276 e. The second-order valence-electron chi connectivity index (χ2n) is 16.9. The SMILES string of the molecule is O=C(NCc1ccc(F)cc1F)c1cn2c(c(O)c1=O)C(=O)N1[C@@H](C2)O[C@@H]2COCC23C[C@@H]13.O=C(NCc1ccc(F)cc1F)c1cn2c(c(O)c1=O)C(=O)N1[C@@H]3COC[C@@H](C3)O[C@H]1C2. The summed E-state index contributed by atoms with van der Waals surface area (Å²) in [7, 11) is 0. The molecule has 1 unspecified atom stereocenters. The van der Waals surface area contributed by atoms with Crippen LogP contribution >= 0.6 is 0 Å². The number of hydrogen-bond donors (Lipinski definition) is 4. The summed E-state index contributed by atoms with van der Waals surface area (Å²) in [6.07, 6.45) is 2.22. The fourth-order valence-electron chi connectivity index (χ4n) is 9.65. The smallest absolute Gasteiger partial charge is 0.276 e. The number of rotatable bonds is 6. The van der Waals surface area contributed by atoms with E-state index in [1.54, 1.807) is 4.90 Å². The molecule has 2 aromatic carbocycles. The van der Waals surface area contributed by atoms with Crippen molar-refractivity contribution >= 4 is 23.6 Å². The predicted molar refractivity (Wildman–Crippen MR) is 210 cm³/mol. The molecule has 2 bridgehead atoms. The van der Waals surface area contributed by atoms with Crippen molar-refractivity contribution < 1.29 is 65.9 Å². The van der Waals surface area contributed by atoms with E-state index in [1.807, 2.05) is 0 Å². The lowest BCUT2D eigenvalue weighted by atomic mass is 9.99. The Morgan fingerprint density at radius 3 is 1.80 bits per heavy atom. The van der Waals surface area contributed by atoms with Gasteiger partial charge in [0.1, 0.15) is 34.4 Å². The zero-order valence-corrected chi connectivity index (χ0v) is 33.9. The molecule has 1 aliphatic carbocycles. The molecule has 4 saturated heterocycles. The van der Waals surface area contributed by atoms with E-state index in [-0.39, 0.29) is 78.4 Å². The minimum Gasteiger partial charge on any atom is -0.503 e. The number of carbonyl (C=O) groups is 4. The zero-order valence-electron chi connectivity index (χ0n) is 33.9. The first kappa shape index (κ1) is 42.3. The minimum absolute atomic E-state index is 0.0252. The summed E-state index contributed by atoms with van der Waals surface area (Å²) in [6.45, 7) is 1.37. The van der Waals surface area contributed by atoms with Gasteiger partial charge >= 0.3 is 0 Å². The average Bonchev–Trinajstić information content (AvgIpc) is 3.86. The van der Waals surface area contributed by atoms with Crippen LogP contribution in [0.3, 0.4) is 0 Å². The number of nitrogens with zero attached hydrogens (tertiary/aromatic N) is 4. The first-order valence-electron chi connectivity index (χ1n) is 20.6. The van der Waals surface area contributed by atoms with Crippen LogP contribution < -0.4 is 21.5 Å². The molecule has 7 aliphatic rings. The zero-order chi connectivity index (χ0) is 45.6. The molecule has 0 radical (unpaired) electrons. The van der Waals surface area contributed by atoms with E-state index in [0.29, 0.717) is 45.0 Å². The van der Waals surface area contributed by atoms with Crippen LogP contribution in [-0.4, -0.2) is 116 Å². The van der Waals surface area contributed by atoms with Crippen molar-refractivity contribution in [2.75, 3.05) is 26.4 Å². The summed E-state index contributed by atoms with van der Waals surface area (Å²) < 4.78 is 79.5. The van der Waals surface area contributed by atoms with Crippen LogP contribution in [0.15, 0.2) is 58.4 Å². The number of benzene rings is 2. The quantitative estimate of drug-likeness (QED) is 0.202. The van der Waals surface area contributed by atoms with E-state index < -0.39 is 92.8 Å². The predicted octanol–water partition coefficient (Wildman–Crippen LogP) is 1.46. The summed E-state index contributed by atoms with van der Waals surface area (Å²) in [6, 6.07) is 5.53. The van der Waals surface area contributed by atoms with Crippen molar-refractivity contribution in [1.29, 1.82) is 0 Å². The van der Waals surface area contributed by atoms with Crippen molar-refractivity contribution in [3.8, 4) is 11.5 Å². The molecule has 1 spiro atoms. The topological polar surface area (TPSA) is 220 Å². The molecule has 1 saturated carbocycles. The second-order valence-corrected chi connectivity index (χ2v) is 16.9. The van der Waals surface area contributed by atoms with Crippen LogP contribution in [0.2, 0.25) is 0 Å². The molecule has 6 aliphatic heterocycles. The first-order valence-corrected chi connectivity index (χ1v) is 20.6. The molecule has 22 heteroatoms. The molecule has 8 heterocycles. The molecule has 2 aromatic heterocycles. The Labute approximate surface area is 363 Å². The van der Waals surface area contributed by atoms with Crippen LogP contribution in [0.1, 0.15) is 65.7 Å². The molecular weight excluding hydrogens is 868 g/mol. The lowest BCUT2D eigenvalue weighted by Crippen LogP contribution is -2.63. The van der Waals surface area contributed by atoms with Gasteiger partial charge in [-0.25, -0.2) is 17.6 Å². The first-order chi connectivity index (χ1) is 31.1. The highest BCUT2D eigenvalue weighted by Crippen LogP contribution is 2.60. The number of halogens is 4. The van der Waals surface area contributed by atoms with Gasteiger partial charge in [-0.2, -0.15) is 0 Å². The summed E-state index contributed by atoms with van der Waals surface area (Å²) in [5, 5.41) is 25.8. The van der Waals surface area contributed by atoms with Crippen molar-refractivity contribution in [2.24, 2.45) is 5.41 Å². The van der Waals surface area contributed by atoms with Gasteiger partial charge in [0.15, 0.2) is 35.3 Å². The molecule has 4 amide bonds. The number of carbonyl (C=O) groups excluding carboxylic acids is 4. The highest BCUT2D eigenvalue weighted by atomic mass is 19.1. The highest BCUT2D eigenvalue weighted by molar-refractivity contribution is 6.00.